The molecule has 3 rings (SSSR count). The minimum atomic E-state index is 0.431. The molecule has 1 aromatic carbocycles. The quantitative estimate of drug-likeness (QED) is 0.431. The van der Waals surface area contributed by atoms with Crippen molar-refractivity contribution < 1.29 is 0 Å². The maximum atomic E-state index is 5.90. The Labute approximate surface area is 135 Å². The Bertz CT molecular complexity index is 803. The van der Waals surface area contributed by atoms with Crippen LogP contribution in [0.2, 0.25) is 0 Å². The van der Waals surface area contributed by atoms with Crippen molar-refractivity contribution in [1.82, 2.24) is 14.6 Å². The molecule has 0 aliphatic heterocycles. The van der Waals surface area contributed by atoms with Crippen molar-refractivity contribution in [2.24, 2.45) is 10.7 Å². The zero-order valence-electron chi connectivity index (χ0n) is 13.1. The Balaban J connectivity index is 1.51. The van der Waals surface area contributed by atoms with Gasteiger partial charge >= 0.3 is 0 Å². The van der Waals surface area contributed by atoms with Crippen molar-refractivity contribution >= 4 is 17.3 Å². The lowest BCUT2D eigenvalue weighted by Gasteiger charge is -2.05. The summed E-state index contributed by atoms with van der Waals surface area (Å²) in [6, 6.07) is 13.9. The van der Waals surface area contributed by atoms with Crippen LogP contribution in [0, 0.1) is 6.92 Å². The summed E-state index contributed by atoms with van der Waals surface area (Å²) in [5.41, 5.74) is 8.93. The van der Waals surface area contributed by atoms with Crippen LogP contribution in [0.3, 0.4) is 0 Å². The van der Waals surface area contributed by atoms with Gasteiger partial charge in [0.1, 0.15) is 5.82 Å². The number of nitrogens with two attached hydrogens (primary N) is 1. The van der Waals surface area contributed by atoms with Gasteiger partial charge in [0.15, 0.2) is 11.6 Å². The Morgan fingerprint density at radius 2 is 2.00 bits per heavy atom. The molecule has 0 bridgehead atoms. The van der Waals surface area contributed by atoms with Gasteiger partial charge in [-0.15, -0.1) is 10.2 Å². The SMILES string of the molecule is Cc1ccc(NC(N)=NCCCc2nnc3ccccn23)cc1. The van der Waals surface area contributed by atoms with E-state index in [0.29, 0.717) is 12.5 Å². The molecule has 0 saturated heterocycles. The van der Waals surface area contributed by atoms with Gasteiger partial charge in [0.25, 0.3) is 0 Å². The number of nitrogens with one attached hydrogen (secondary N) is 1. The fourth-order valence-corrected chi connectivity index (χ4v) is 2.32. The van der Waals surface area contributed by atoms with Crippen LogP contribution in [0.15, 0.2) is 53.7 Å². The summed E-state index contributed by atoms with van der Waals surface area (Å²) in [6.07, 6.45) is 3.65. The molecular weight excluding hydrogens is 288 g/mol. The lowest BCUT2D eigenvalue weighted by atomic mass is 10.2. The van der Waals surface area contributed by atoms with Crippen molar-refractivity contribution in [3.8, 4) is 0 Å². The van der Waals surface area contributed by atoms with Crippen molar-refractivity contribution in [2.45, 2.75) is 19.8 Å². The smallest absolute Gasteiger partial charge is 0.193 e. The molecule has 0 amide bonds. The Kier molecular flexibility index (Phi) is 4.52. The molecule has 3 N–H and O–H groups in total. The highest BCUT2D eigenvalue weighted by Gasteiger charge is 2.03. The molecule has 2 aromatic heterocycles. The van der Waals surface area contributed by atoms with Crippen LogP contribution in [0.25, 0.3) is 5.65 Å². The normalized spacial score (nSPS) is 11.8. The van der Waals surface area contributed by atoms with Crippen molar-refractivity contribution in [3.05, 3.63) is 60.0 Å². The number of aliphatic imine (C=N–C) groups is 1. The number of benzene rings is 1. The number of aromatic nitrogens is 3. The minimum Gasteiger partial charge on any atom is -0.370 e. The predicted octanol–water partition coefficient (Wildman–Crippen LogP) is 2.40. The number of hydrogen-bond donors (Lipinski definition) is 2. The second-order valence-corrected chi connectivity index (χ2v) is 5.41. The third-order valence-corrected chi connectivity index (χ3v) is 3.55. The zero-order chi connectivity index (χ0) is 16.1. The molecule has 23 heavy (non-hydrogen) atoms. The highest BCUT2D eigenvalue weighted by molar-refractivity contribution is 5.92. The first-order chi connectivity index (χ1) is 11.2. The van der Waals surface area contributed by atoms with Gasteiger partial charge in [-0.25, -0.2) is 0 Å². The topological polar surface area (TPSA) is 80.6 Å². The molecule has 118 valence electrons. The first-order valence-electron chi connectivity index (χ1n) is 7.64. The van der Waals surface area contributed by atoms with Gasteiger partial charge in [-0.05, 0) is 37.6 Å². The molecule has 6 nitrogen and oxygen atoms in total. The van der Waals surface area contributed by atoms with Crippen LogP contribution >= 0.6 is 0 Å². The molecule has 2 heterocycles. The van der Waals surface area contributed by atoms with E-state index in [0.717, 1.165) is 30.0 Å². The number of hydrogen-bond acceptors (Lipinski definition) is 3. The number of guanidine groups is 1. The van der Waals surface area contributed by atoms with Gasteiger partial charge in [0.2, 0.25) is 0 Å². The van der Waals surface area contributed by atoms with Crippen LogP contribution in [-0.4, -0.2) is 27.1 Å². The van der Waals surface area contributed by atoms with E-state index in [4.69, 9.17) is 5.73 Å². The molecular formula is C17H20N6. The molecule has 0 spiro atoms. The number of fused-ring (bicyclic) bond motifs is 1. The fraction of sp³-hybridized carbons (Fsp3) is 0.235. The highest BCUT2D eigenvalue weighted by atomic mass is 15.2. The summed E-state index contributed by atoms with van der Waals surface area (Å²) in [5, 5.41) is 11.4. The van der Waals surface area contributed by atoms with Crippen molar-refractivity contribution in [3.63, 3.8) is 0 Å². The standard InChI is InChI=1S/C17H20N6/c1-13-7-9-14(10-8-13)20-17(18)19-11-4-6-16-22-21-15-5-2-3-12-23(15)16/h2-3,5,7-10,12H,4,6,11H2,1H3,(H3,18,19,20). The van der Waals surface area contributed by atoms with E-state index in [2.05, 4.69) is 27.4 Å². The minimum absolute atomic E-state index is 0.431. The van der Waals surface area contributed by atoms with Gasteiger partial charge in [-0.3, -0.25) is 9.39 Å². The first kappa shape index (κ1) is 15.0. The number of nitrogens with zero attached hydrogens (tertiary/aromatic N) is 4. The lowest BCUT2D eigenvalue weighted by Crippen LogP contribution is -2.22. The van der Waals surface area contributed by atoms with Gasteiger partial charge < -0.3 is 11.1 Å². The Morgan fingerprint density at radius 3 is 2.83 bits per heavy atom. The number of rotatable bonds is 5. The van der Waals surface area contributed by atoms with Gasteiger partial charge in [0, 0.05) is 24.8 Å². The fourth-order valence-electron chi connectivity index (χ4n) is 2.32. The van der Waals surface area contributed by atoms with E-state index in [1.54, 1.807) is 0 Å². The van der Waals surface area contributed by atoms with Crippen LogP contribution in [-0.2, 0) is 6.42 Å². The average Bonchev–Trinajstić information content (AvgIpc) is 2.97. The summed E-state index contributed by atoms with van der Waals surface area (Å²) in [5.74, 6) is 1.38. The molecule has 0 aliphatic carbocycles. The van der Waals surface area contributed by atoms with Crippen LogP contribution < -0.4 is 11.1 Å². The third kappa shape index (κ3) is 3.85. The van der Waals surface area contributed by atoms with Gasteiger partial charge in [-0.1, -0.05) is 23.8 Å². The van der Waals surface area contributed by atoms with E-state index in [9.17, 15) is 0 Å². The Morgan fingerprint density at radius 1 is 1.17 bits per heavy atom. The average molecular weight is 308 g/mol. The second-order valence-electron chi connectivity index (χ2n) is 5.41. The lowest BCUT2D eigenvalue weighted by molar-refractivity contribution is 0.770. The zero-order valence-corrected chi connectivity index (χ0v) is 13.1. The third-order valence-electron chi connectivity index (χ3n) is 3.55. The van der Waals surface area contributed by atoms with Crippen LogP contribution in [0.4, 0.5) is 5.69 Å². The summed E-state index contributed by atoms with van der Waals surface area (Å²) in [4.78, 5) is 4.35. The molecule has 0 unspecified atom stereocenters. The summed E-state index contributed by atoms with van der Waals surface area (Å²) in [6.45, 7) is 2.70. The van der Waals surface area contributed by atoms with Gasteiger partial charge in [-0.2, -0.15) is 0 Å². The largest absolute Gasteiger partial charge is 0.370 e. The maximum absolute atomic E-state index is 5.90. The molecule has 0 aliphatic rings. The van der Waals surface area contributed by atoms with E-state index in [-0.39, 0.29) is 0 Å². The molecule has 0 fully saturated rings. The van der Waals surface area contributed by atoms with E-state index in [1.807, 2.05) is 53.1 Å². The van der Waals surface area contributed by atoms with Crippen LogP contribution in [0.1, 0.15) is 17.8 Å². The summed E-state index contributed by atoms with van der Waals surface area (Å²) in [7, 11) is 0. The van der Waals surface area contributed by atoms with Crippen LogP contribution in [0.5, 0.6) is 0 Å². The van der Waals surface area contributed by atoms with E-state index >= 15 is 0 Å². The van der Waals surface area contributed by atoms with Crippen molar-refractivity contribution in [2.75, 3.05) is 11.9 Å². The predicted molar refractivity (Wildman–Crippen MR) is 92.6 cm³/mol. The van der Waals surface area contributed by atoms with E-state index < -0.39 is 0 Å². The van der Waals surface area contributed by atoms with E-state index in [1.165, 1.54) is 5.56 Å². The number of anilines is 1. The Hall–Kier alpha value is -2.89. The summed E-state index contributed by atoms with van der Waals surface area (Å²) < 4.78 is 2.00. The molecule has 6 heteroatoms. The highest BCUT2D eigenvalue weighted by Crippen LogP contribution is 2.08. The summed E-state index contributed by atoms with van der Waals surface area (Å²) >= 11 is 0. The second kappa shape index (κ2) is 6.91. The molecule has 0 saturated carbocycles. The number of aryl methyl sites for hydroxylation is 2. The molecule has 0 radical (unpaired) electrons. The first-order valence-corrected chi connectivity index (χ1v) is 7.64. The monoisotopic (exact) mass is 308 g/mol. The van der Waals surface area contributed by atoms with Gasteiger partial charge in [0.05, 0.1) is 0 Å². The molecule has 0 atom stereocenters. The number of pyridine rings is 1. The maximum Gasteiger partial charge on any atom is 0.193 e. The molecule has 3 aromatic rings. The van der Waals surface area contributed by atoms with Crippen molar-refractivity contribution in [1.29, 1.82) is 0 Å².